The van der Waals surface area contributed by atoms with Crippen LogP contribution in [-0.4, -0.2) is 44.7 Å². The Labute approximate surface area is 101 Å². The third kappa shape index (κ3) is 3.40. The maximum absolute atomic E-state index is 11.8. The predicted octanol–water partition coefficient (Wildman–Crippen LogP) is 0.0598. The molecule has 1 rings (SSSR count). The monoisotopic (exact) mass is 238 g/mol. The largest absolute Gasteiger partial charge is 0.376 e. The van der Waals surface area contributed by atoms with Crippen LogP contribution in [0.3, 0.4) is 0 Å². The van der Waals surface area contributed by atoms with Gasteiger partial charge in [-0.25, -0.2) is 0 Å². The zero-order valence-electron chi connectivity index (χ0n) is 10.3. The number of hydrogen-bond acceptors (Lipinski definition) is 5. The summed E-state index contributed by atoms with van der Waals surface area (Å²) in [4.78, 5) is 17.7. The van der Waals surface area contributed by atoms with Crippen molar-refractivity contribution in [1.29, 1.82) is 0 Å². The molecule has 0 aliphatic rings. The average molecular weight is 238 g/mol. The molecule has 94 valence electrons. The van der Waals surface area contributed by atoms with E-state index < -0.39 is 6.10 Å². The minimum absolute atomic E-state index is 0.139. The average Bonchev–Trinajstić information content (AvgIpc) is 2.31. The third-order valence-electron chi connectivity index (χ3n) is 2.33. The number of rotatable bonds is 5. The minimum atomic E-state index is -0.648. The molecule has 6 nitrogen and oxygen atoms in total. The van der Waals surface area contributed by atoms with Gasteiger partial charge in [-0.05, 0) is 6.07 Å². The summed E-state index contributed by atoms with van der Waals surface area (Å²) >= 11 is 0. The molecule has 0 fully saturated rings. The fraction of sp³-hybridized carbons (Fsp3) is 0.455. The van der Waals surface area contributed by atoms with Gasteiger partial charge in [-0.15, -0.1) is 0 Å². The molecule has 1 aromatic heterocycles. The second-order valence-electron chi connectivity index (χ2n) is 3.74. The molecule has 1 heterocycles. The number of carbonyl (C=O) groups is 1. The molecule has 0 saturated carbocycles. The number of ether oxygens (including phenoxy) is 1. The second-order valence-corrected chi connectivity index (χ2v) is 3.74. The van der Waals surface area contributed by atoms with E-state index in [-0.39, 0.29) is 12.5 Å². The van der Waals surface area contributed by atoms with Crippen molar-refractivity contribution >= 4 is 17.3 Å². The fourth-order valence-corrected chi connectivity index (χ4v) is 1.40. The van der Waals surface area contributed by atoms with Crippen molar-refractivity contribution in [2.24, 2.45) is 5.73 Å². The lowest BCUT2D eigenvalue weighted by atomic mass is 10.3. The quantitative estimate of drug-likeness (QED) is 0.758. The highest BCUT2D eigenvalue weighted by Gasteiger charge is 2.17. The maximum atomic E-state index is 11.8. The topological polar surface area (TPSA) is 80.5 Å². The van der Waals surface area contributed by atoms with Crippen LogP contribution in [0.1, 0.15) is 0 Å². The van der Waals surface area contributed by atoms with Crippen LogP contribution in [0, 0.1) is 0 Å². The number of anilines is 2. The van der Waals surface area contributed by atoms with Gasteiger partial charge in [-0.1, -0.05) is 0 Å². The molecular weight excluding hydrogens is 220 g/mol. The Kier molecular flexibility index (Phi) is 4.86. The highest BCUT2D eigenvalue weighted by molar-refractivity contribution is 5.97. The van der Waals surface area contributed by atoms with Crippen LogP contribution in [-0.2, 0) is 9.53 Å². The predicted molar refractivity (Wildman–Crippen MR) is 67.0 cm³/mol. The zero-order valence-corrected chi connectivity index (χ0v) is 10.3. The Morgan fingerprint density at radius 3 is 2.88 bits per heavy atom. The first-order valence-electron chi connectivity index (χ1n) is 5.25. The summed E-state index contributed by atoms with van der Waals surface area (Å²) < 4.78 is 4.96. The Balaban J connectivity index is 2.84. The lowest BCUT2D eigenvalue weighted by Gasteiger charge is -2.19. The van der Waals surface area contributed by atoms with Gasteiger partial charge in [0.15, 0.2) is 0 Å². The highest BCUT2D eigenvalue weighted by Crippen LogP contribution is 2.22. The first-order chi connectivity index (χ1) is 8.10. The standard InChI is InChI=1S/C11H18N4O2/c1-15(2)9-4-5-13-7-8(9)14-11(16)10(6-12)17-3/h4-5,7,10H,6,12H2,1-3H3,(H,14,16). The Hall–Kier alpha value is -1.66. The van der Waals surface area contributed by atoms with Gasteiger partial charge in [-0.2, -0.15) is 0 Å². The number of methoxy groups -OCH3 is 1. The van der Waals surface area contributed by atoms with Crippen molar-refractivity contribution in [2.75, 3.05) is 38.0 Å². The van der Waals surface area contributed by atoms with Crippen LogP contribution in [0.2, 0.25) is 0 Å². The van der Waals surface area contributed by atoms with Gasteiger partial charge in [0.2, 0.25) is 0 Å². The Morgan fingerprint density at radius 2 is 2.35 bits per heavy atom. The van der Waals surface area contributed by atoms with E-state index in [1.54, 1.807) is 12.4 Å². The molecule has 0 aliphatic heterocycles. The smallest absolute Gasteiger partial charge is 0.254 e. The third-order valence-corrected chi connectivity index (χ3v) is 2.33. The molecule has 17 heavy (non-hydrogen) atoms. The molecule has 1 atom stereocenters. The molecule has 6 heteroatoms. The number of carbonyl (C=O) groups excluding carboxylic acids is 1. The number of pyridine rings is 1. The summed E-state index contributed by atoms with van der Waals surface area (Å²) in [5.74, 6) is -0.272. The van der Waals surface area contributed by atoms with E-state index in [2.05, 4.69) is 10.3 Å². The maximum Gasteiger partial charge on any atom is 0.254 e. The summed E-state index contributed by atoms with van der Waals surface area (Å²) in [5.41, 5.74) is 6.94. The molecule has 3 N–H and O–H groups in total. The minimum Gasteiger partial charge on any atom is -0.376 e. The van der Waals surface area contributed by atoms with Crippen molar-refractivity contribution in [3.63, 3.8) is 0 Å². The number of nitrogens with one attached hydrogen (secondary N) is 1. The number of nitrogens with zero attached hydrogens (tertiary/aromatic N) is 2. The molecule has 0 aliphatic carbocycles. The second kappa shape index (κ2) is 6.17. The summed E-state index contributed by atoms with van der Waals surface area (Å²) in [7, 11) is 5.23. The van der Waals surface area contributed by atoms with Crippen LogP contribution < -0.4 is 16.0 Å². The van der Waals surface area contributed by atoms with E-state index in [1.165, 1.54) is 7.11 Å². The van der Waals surface area contributed by atoms with Crippen LogP contribution in [0.15, 0.2) is 18.5 Å². The normalized spacial score (nSPS) is 12.0. The zero-order chi connectivity index (χ0) is 12.8. The van der Waals surface area contributed by atoms with Gasteiger partial charge >= 0.3 is 0 Å². The van der Waals surface area contributed by atoms with Crippen molar-refractivity contribution in [2.45, 2.75) is 6.10 Å². The van der Waals surface area contributed by atoms with Gasteiger partial charge in [0.05, 0.1) is 17.6 Å². The fourth-order valence-electron chi connectivity index (χ4n) is 1.40. The van der Waals surface area contributed by atoms with Crippen LogP contribution in [0.5, 0.6) is 0 Å². The number of amides is 1. The number of nitrogens with two attached hydrogens (primary N) is 1. The van der Waals surface area contributed by atoms with Crippen LogP contribution in [0.25, 0.3) is 0 Å². The van der Waals surface area contributed by atoms with Crippen LogP contribution >= 0.6 is 0 Å². The van der Waals surface area contributed by atoms with Crippen LogP contribution in [0.4, 0.5) is 11.4 Å². The first-order valence-corrected chi connectivity index (χ1v) is 5.25. The Morgan fingerprint density at radius 1 is 1.65 bits per heavy atom. The molecule has 1 aromatic rings. The molecule has 1 unspecified atom stereocenters. The number of hydrogen-bond donors (Lipinski definition) is 2. The SMILES string of the molecule is COC(CN)C(=O)Nc1cnccc1N(C)C. The molecule has 0 saturated heterocycles. The molecule has 0 bridgehead atoms. The first kappa shape index (κ1) is 13.4. The summed E-state index contributed by atoms with van der Waals surface area (Å²) in [6, 6.07) is 1.82. The van der Waals surface area contributed by atoms with Gasteiger partial charge in [0, 0.05) is 33.9 Å². The lowest BCUT2D eigenvalue weighted by Crippen LogP contribution is -2.36. The van der Waals surface area contributed by atoms with E-state index in [9.17, 15) is 4.79 Å². The van der Waals surface area contributed by atoms with Crippen molar-refractivity contribution in [3.8, 4) is 0 Å². The van der Waals surface area contributed by atoms with Gasteiger partial charge < -0.3 is 20.7 Å². The van der Waals surface area contributed by atoms with Crippen molar-refractivity contribution < 1.29 is 9.53 Å². The summed E-state index contributed by atoms with van der Waals surface area (Å²) in [6.07, 6.45) is 2.61. The number of aromatic nitrogens is 1. The van der Waals surface area contributed by atoms with E-state index in [1.807, 2.05) is 25.1 Å². The van der Waals surface area contributed by atoms with E-state index in [4.69, 9.17) is 10.5 Å². The van der Waals surface area contributed by atoms with E-state index >= 15 is 0 Å². The van der Waals surface area contributed by atoms with Crippen molar-refractivity contribution in [1.82, 2.24) is 4.98 Å². The lowest BCUT2D eigenvalue weighted by molar-refractivity contribution is -0.125. The van der Waals surface area contributed by atoms with E-state index in [0.717, 1.165) is 5.69 Å². The molecular formula is C11H18N4O2. The van der Waals surface area contributed by atoms with Crippen molar-refractivity contribution in [3.05, 3.63) is 18.5 Å². The molecule has 0 aromatic carbocycles. The molecule has 0 spiro atoms. The van der Waals surface area contributed by atoms with Gasteiger partial charge in [-0.3, -0.25) is 9.78 Å². The van der Waals surface area contributed by atoms with Gasteiger partial charge in [0.1, 0.15) is 6.10 Å². The van der Waals surface area contributed by atoms with Gasteiger partial charge in [0.25, 0.3) is 5.91 Å². The molecule has 0 radical (unpaired) electrons. The Bertz CT molecular complexity index is 377. The summed E-state index contributed by atoms with van der Waals surface area (Å²) in [6.45, 7) is 0.139. The van der Waals surface area contributed by atoms with E-state index in [0.29, 0.717) is 5.69 Å². The summed E-state index contributed by atoms with van der Waals surface area (Å²) in [5, 5.41) is 2.75. The highest BCUT2D eigenvalue weighted by atomic mass is 16.5. The molecule has 1 amide bonds.